The Labute approximate surface area is 121 Å². The molecule has 0 aliphatic carbocycles. The molecule has 0 aliphatic rings. The normalized spacial score (nSPS) is 10.7. The van der Waals surface area contributed by atoms with Crippen molar-refractivity contribution in [3.8, 4) is 0 Å². The van der Waals surface area contributed by atoms with E-state index in [1.807, 2.05) is 12.1 Å². The fraction of sp³-hybridized carbons (Fsp3) is 0.357. The van der Waals surface area contributed by atoms with Crippen molar-refractivity contribution in [2.45, 2.75) is 0 Å². The first-order valence-electron chi connectivity index (χ1n) is 6.53. The summed E-state index contributed by atoms with van der Waals surface area (Å²) in [7, 11) is 1.61. The average molecular weight is 291 g/mol. The van der Waals surface area contributed by atoms with Gasteiger partial charge in [0.1, 0.15) is 5.82 Å². The van der Waals surface area contributed by atoms with Crippen molar-refractivity contribution in [3.63, 3.8) is 0 Å². The standard InChI is InChI=1S/C14H17N3O4/c1-20-8-9-21-7-6-15-12-10-4-2-3-5-11(10)16-13(17-12)14(18)19/h2-5H,6-9H2,1H3,(H,18,19)(H,15,16,17). The molecule has 0 spiro atoms. The van der Waals surface area contributed by atoms with E-state index in [9.17, 15) is 4.79 Å². The van der Waals surface area contributed by atoms with Crippen LogP contribution in [0.5, 0.6) is 0 Å². The molecule has 0 atom stereocenters. The summed E-state index contributed by atoms with van der Waals surface area (Å²) in [6.07, 6.45) is 0. The summed E-state index contributed by atoms with van der Waals surface area (Å²) in [5, 5.41) is 12.9. The maximum absolute atomic E-state index is 11.1. The second-order valence-electron chi connectivity index (χ2n) is 4.25. The van der Waals surface area contributed by atoms with Crippen LogP contribution in [0.3, 0.4) is 0 Å². The predicted molar refractivity (Wildman–Crippen MR) is 77.7 cm³/mol. The fourth-order valence-corrected chi connectivity index (χ4v) is 1.79. The molecule has 0 unspecified atom stereocenters. The summed E-state index contributed by atoms with van der Waals surface area (Å²) in [5.41, 5.74) is 0.590. The number of rotatable bonds is 8. The van der Waals surface area contributed by atoms with Crippen LogP contribution in [0.15, 0.2) is 24.3 Å². The van der Waals surface area contributed by atoms with Crippen molar-refractivity contribution < 1.29 is 19.4 Å². The summed E-state index contributed by atoms with van der Waals surface area (Å²) in [5.74, 6) is -0.884. The zero-order valence-electron chi connectivity index (χ0n) is 11.7. The highest BCUT2D eigenvalue weighted by atomic mass is 16.5. The number of carboxylic acid groups (broad SMARTS) is 1. The van der Waals surface area contributed by atoms with E-state index in [-0.39, 0.29) is 5.82 Å². The van der Waals surface area contributed by atoms with Crippen LogP contribution in [-0.2, 0) is 9.47 Å². The molecule has 0 fully saturated rings. The Balaban J connectivity index is 2.08. The highest BCUT2D eigenvalue weighted by Crippen LogP contribution is 2.19. The van der Waals surface area contributed by atoms with Crippen LogP contribution in [0.4, 0.5) is 5.82 Å². The molecule has 7 heteroatoms. The Kier molecular flexibility index (Phi) is 5.42. The average Bonchev–Trinajstić information content (AvgIpc) is 2.50. The van der Waals surface area contributed by atoms with E-state index in [4.69, 9.17) is 14.6 Å². The Hall–Kier alpha value is -2.25. The number of nitrogens with zero attached hydrogens (tertiary/aromatic N) is 2. The van der Waals surface area contributed by atoms with Crippen molar-refractivity contribution in [1.29, 1.82) is 0 Å². The van der Waals surface area contributed by atoms with Crippen molar-refractivity contribution in [2.75, 3.05) is 38.8 Å². The minimum absolute atomic E-state index is 0.225. The lowest BCUT2D eigenvalue weighted by Gasteiger charge is -2.09. The third kappa shape index (κ3) is 4.11. The number of para-hydroxylation sites is 1. The number of aromatic carboxylic acids is 1. The van der Waals surface area contributed by atoms with E-state index >= 15 is 0 Å². The van der Waals surface area contributed by atoms with E-state index < -0.39 is 5.97 Å². The zero-order chi connectivity index (χ0) is 15.1. The highest BCUT2D eigenvalue weighted by Gasteiger charge is 2.12. The van der Waals surface area contributed by atoms with Crippen LogP contribution >= 0.6 is 0 Å². The minimum atomic E-state index is -1.15. The van der Waals surface area contributed by atoms with Gasteiger partial charge in [0, 0.05) is 19.0 Å². The number of methoxy groups -OCH3 is 1. The predicted octanol–water partition coefficient (Wildman–Crippen LogP) is 1.40. The van der Waals surface area contributed by atoms with E-state index in [1.165, 1.54) is 0 Å². The number of nitrogens with one attached hydrogen (secondary N) is 1. The molecule has 112 valence electrons. The molecule has 0 aliphatic heterocycles. The molecule has 0 saturated carbocycles. The van der Waals surface area contributed by atoms with Gasteiger partial charge < -0.3 is 19.9 Å². The number of hydrogen-bond acceptors (Lipinski definition) is 6. The van der Waals surface area contributed by atoms with Crippen LogP contribution in [0, 0.1) is 0 Å². The molecular formula is C14H17N3O4. The molecule has 1 aromatic carbocycles. The minimum Gasteiger partial charge on any atom is -0.475 e. The highest BCUT2D eigenvalue weighted by molar-refractivity contribution is 5.93. The molecule has 1 aromatic heterocycles. The lowest BCUT2D eigenvalue weighted by Crippen LogP contribution is -2.14. The summed E-state index contributed by atoms with van der Waals surface area (Å²) in [4.78, 5) is 19.1. The molecule has 7 nitrogen and oxygen atoms in total. The van der Waals surface area contributed by atoms with Gasteiger partial charge in [0.25, 0.3) is 0 Å². The first-order chi connectivity index (χ1) is 10.2. The molecule has 1 heterocycles. The van der Waals surface area contributed by atoms with Crippen LogP contribution in [0.25, 0.3) is 10.9 Å². The molecule has 0 bridgehead atoms. The van der Waals surface area contributed by atoms with E-state index in [2.05, 4.69) is 15.3 Å². The number of benzene rings is 1. The van der Waals surface area contributed by atoms with Crippen LogP contribution < -0.4 is 5.32 Å². The molecule has 2 rings (SSSR count). The maximum Gasteiger partial charge on any atom is 0.374 e. The first kappa shape index (κ1) is 15.1. The van der Waals surface area contributed by atoms with Gasteiger partial charge in [-0.25, -0.2) is 14.8 Å². The van der Waals surface area contributed by atoms with Gasteiger partial charge in [-0.1, -0.05) is 12.1 Å². The van der Waals surface area contributed by atoms with Crippen molar-refractivity contribution >= 4 is 22.7 Å². The first-order valence-corrected chi connectivity index (χ1v) is 6.53. The molecule has 0 amide bonds. The van der Waals surface area contributed by atoms with Crippen molar-refractivity contribution in [1.82, 2.24) is 9.97 Å². The van der Waals surface area contributed by atoms with Gasteiger partial charge in [-0.2, -0.15) is 0 Å². The summed E-state index contributed by atoms with van der Waals surface area (Å²) >= 11 is 0. The SMILES string of the molecule is COCCOCCNc1nc(C(=O)O)nc2ccccc12. The third-order valence-corrected chi connectivity index (χ3v) is 2.77. The summed E-state index contributed by atoms with van der Waals surface area (Å²) in [6, 6.07) is 7.25. The van der Waals surface area contributed by atoms with E-state index in [1.54, 1.807) is 19.2 Å². The Morgan fingerprint density at radius 2 is 2.05 bits per heavy atom. The zero-order valence-corrected chi connectivity index (χ0v) is 11.7. The summed E-state index contributed by atoms with van der Waals surface area (Å²) in [6.45, 7) is 2.05. The lowest BCUT2D eigenvalue weighted by molar-refractivity contribution is 0.0684. The topological polar surface area (TPSA) is 93.6 Å². The third-order valence-electron chi connectivity index (χ3n) is 2.77. The number of hydrogen-bond donors (Lipinski definition) is 2. The molecular weight excluding hydrogens is 274 g/mol. The molecule has 21 heavy (non-hydrogen) atoms. The fourth-order valence-electron chi connectivity index (χ4n) is 1.79. The van der Waals surface area contributed by atoms with Gasteiger partial charge in [-0.3, -0.25) is 0 Å². The number of fused-ring (bicyclic) bond motifs is 1. The van der Waals surface area contributed by atoms with Crippen LogP contribution in [0.2, 0.25) is 0 Å². The van der Waals surface area contributed by atoms with Gasteiger partial charge in [0.15, 0.2) is 0 Å². The van der Waals surface area contributed by atoms with E-state index in [0.717, 1.165) is 5.39 Å². The Morgan fingerprint density at radius 3 is 2.81 bits per heavy atom. The molecule has 2 N–H and O–H groups in total. The number of anilines is 1. The van der Waals surface area contributed by atoms with Gasteiger partial charge in [0.05, 0.1) is 25.3 Å². The van der Waals surface area contributed by atoms with Crippen LogP contribution in [0.1, 0.15) is 10.6 Å². The maximum atomic E-state index is 11.1. The molecule has 0 radical (unpaired) electrons. The number of ether oxygens (including phenoxy) is 2. The monoisotopic (exact) mass is 291 g/mol. The smallest absolute Gasteiger partial charge is 0.374 e. The number of aromatic nitrogens is 2. The van der Waals surface area contributed by atoms with Crippen molar-refractivity contribution in [3.05, 3.63) is 30.1 Å². The van der Waals surface area contributed by atoms with Gasteiger partial charge in [-0.05, 0) is 12.1 Å². The largest absolute Gasteiger partial charge is 0.475 e. The van der Waals surface area contributed by atoms with Crippen molar-refractivity contribution in [2.24, 2.45) is 0 Å². The van der Waals surface area contributed by atoms with Crippen LogP contribution in [-0.4, -0.2) is 54.5 Å². The van der Waals surface area contributed by atoms with Gasteiger partial charge in [-0.15, -0.1) is 0 Å². The number of carboxylic acids is 1. The summed E-state index contributed by atoms with van der Waals surface area (Å²) < 4.78 is 10.2. The molecule has 0 saturated heterocycles. The Bertz CT molecular complexity index is 618. The molecule has 2 aromatic rings. The van der Waals surface area contributed by atoms with Gasteiger partial charge >= 0.3 is 5.97 Å². The van der Waals surface area contributed by atoms with E-state index in [0.29, 0.717) is 37.7 Å². The van der Waals surface area contributed by atoms with Gasteiger partial charge in [0.2, 0.25) is 5.82 Å². The quantitative estimate of drug-likeness (QED) is 0.710. The number of carbonyl (C=O) groups is 1. The lowest BCUT2D eigenvalue weighted by atomic mass is 10.2. The Morgan fingerprint density at radius 1 is 1.24 bits per heavy atom. The second-order valence-corrected chi connectivity index (χ2v) is 4.25. The second kappa shape index (κ2) is 7.51.